The minimum absolute atomic E-state index is 0.132. The number of hydrogen-bond donors (Lipinski definition) is 2. The molecule has 0 saturated carbocycles. The van der Waals surface area contributed by atoms with E-state index in [2.05, 4.69) is 19.3 Å². The lowest BCUT2D eigenvalue weighted by molar-refractivity contribution is -0.116. The van der Waals surface area contributed by atoms with Gasteiger partial charge in [0, 0.05) is 13.0 Å². The van der Waals surface area contributed by atoms with Crippen LogP contribution in [0.1, 0.15) is 53.0 Å². The van der Waals surface area contributed by atoms with Crippen LogP contribution in [0.3, 0.4) is 0 Å². The van der Waals surface area contributed by atoms with Crippen LogP contribution in [0.25, 0.3) is 0 Å². The molecule has 0 aliphatic heterocycles. The molecule has 0 atom stereocenters. The van der Waals surface area contributed by atoms with Gasteiger partial charge in [-0.2, -0.15) is 0 Å². The molecule has 0 amide bonds. The summed E-state index contributed by atoms with van der Waals surface area (Å²) in [5.74, 6) is 4.91. The standard InChI is InChI=1S/C7H7F.C4H10N2O.C3H8.C2H6/c1-6-4-2-3-5-7(6)8;1-4(7)2-3-6-5;1-3-2;1-2/h2-5H,1H3;6H,2-3,5H2,1H3;3H2,1-2H3;1-2H3. The maximum atomic E-state index is 12.3. The minimum Gasteiger partial charge on any atom is -0.300 e. The van der Waals surface area contributed by atoms with Crippen molar-refractivity contribution in [3.8, 4) is 0 Å². The Morgan fingerprint density at radius 2 is 1.70 bits per heavy atom. The second-order valence-electron chi connectivity index (χ2n) is 3.86. The molecule has 3 N–H and O–H groups in total. The molecule has 0 heterocycles. The van der Waals surface area contributed by atoms with Crippen molar-refractivity contribution in [1.29, 1.82) is 0 Å². The predicted octanol–water partition coefficient (Wildman–Crippen LogP) is 4.01. The van der Waals surface area contributed by atoms with E-state index in [9.17, 15) is 9.18 Å². The van der Waals surface area contributed by atoms with Gasteiger partial charge in [0.1, 0.15) is 11.6 Å². The summed E-state index contributed by atoms with van der Waals surface area (Å²) in [7, 11) is 0. The number of nitrogens with one attached hydrogen (secondary N) is 1. The van der Waals surface area contributed by atoms with Crippen molar-refractivity contribution >= 4 is 5.78 Å². The number of aryl methyl sites for hydroxylation is 1. The molecule has 0 radical (unpaired) electrons. The third-order valence-corrected chi connectivity index (χ3v) is 1.70. The number of nitrogens with two attached hydrogens (primary N) is 1. The fourth-order valence-corrected chi connectivity index (χ4v) is 0.799. The molecule has 1 aromatic carbocycles. The molecule has 118 valence electrons. The molecule has 4 heteroatoms. The SMILES string of the molecule is CC.CC(=O)CCNN.CCC.Cc1ccccc1F. The van der Waals surface area contributed by atoms with Gasteiger partial charge in [0.2, 0.25) is 0 Å². The average molecular weight is 286 g/mol. The maximum absolute atomic E-state index is 12.3. The Bertz CT molecular complexity index is 296. The van der Waals surface area contributed by atoms with E-state index < -0.39 is 0 Å². The number of carbonyl (C=O) groups excluding carboxylic acids is 1. The molecule has 20 heavy (non-hydrogen) atoms. The fourth-order valence-electron chi connectivity index (χ4n) is 0.799. The highest BCUT2D eigenvalue weighted by atomic mass is 19.1. The summed E-state index contributed by atoms with van der Waals surface area (Å²) < 4.78 is 12.3. The zero-order valence-corrected chi connectivity index (χ0v) is 13.8. The van der Waals surface area contributed by atoms with E-state index >= 15 is 0 Å². The Hall–Kier alpha value is -1.26. The summed E-state index contributed by atoms with van der Waals surface area (Å²) in [5, 5.41) is 0. The summed E-state index contributed by atoms with van der Waals surface area (Å²) in [6.45, 7) is 12.1. The smallest absolute Gasteiger partial charge is 0.131 e. The van der Waals surface area contributed by atoms with Crippen LogP contribution in [0.15, 0.2) is 24.3 Å². The zero-order valence-electron chi connectivity index (χ0n) is 13.8. The van der Waals surface area contributed by atoms with Gasteiger partial charge in [-0.1, -0.05) is 52.3 Å². The summed E-state index contributed by atoms with van der Waals surface area (Å²) in [5.41, 5.74) is 3.08. The van der Waals surface area contributed by atoms with E-state index in [4.69, 9.17) is 5.84 Å². The molecule has 3 nitrogen and oxygen atoms in total. The lowest BCUT2D eigenvalue weighted by Gasteiger charge is -1.90. The molecule has 0 aliphatic carbocycles. The minimum atomic E-state index is -0.132. The van der Waals surface area contributed by atoms with E-state index in [1.54, 1.807) is 19.1 Å². The van der Waals surface area contributed by atoms with Gasteiger partial charge in [0.15, 0.2) is 0 Å². The molecule has 1 aromatic rings. The molecule has 1 rings (SSSR count). The summed E-state index contributed by atoms with van der Waals surface area (Å²) in [6.07, 6.45) is 1.77. The number of halogens is 1. The van der Waals surface area contributed by atoms with Gasteiger partial charge in [0.25, 0.3) is 0 Å². The summed E-state index contributed by atoms with van der Waals surface area (Å²) in [4.78, 5) is 10.1. The molecule has 0 spiro atoms. The number of hydrogen-bond acceptors (Lipinski definition) is 3. The number of rotatable bonds is 3. The van der Waals surface area contributed by atoms with Crippen LogP contribution in [-0.2, 0) is 4.79 Å². The molecule has 0 aromatic heterocycles. The van der Waals surface area contributed by atoms with Crippen molar-refractivity contribution in [3.05, 3.63) is 35.6 Å². The van der Waals surface area contributed by atoms with Crippen LogP contribution >= 0.6 is 0 Å². The monoisotopic (exact) mass is 286 g/mol. The van der Waals surface area contributed by atoms with E-state index in [-0.39, 0.29) is 11.6 Å². The van der Waals surface area contributed by atoms with E-state index in [1.165, 1.54) is 19.4 Å². The zero-order chi connectivity index (χ0) is 16.4. The van der Waals surface area contributed by atoms with Gasteiger partial charge in [-0.15, -0.1) is 0 Å². The van der Waals surface area contributed by atoms with Gasteiger partial charge in [-0.3, -0.25) is 16.1 Å². The lowest BCUT2D eigenvalue weighted by atomic mass is 10.2. The van der Waals surface area contributed by atoms with Crippen molar-refractivity contribution in [2.24, 2.45) is 5.84 Å². The Labute approximate surface area is 123 Å². The van der Waals surface area contributed by atoms with E-state index in [0.29, 0.717) is 18.5 Å². The van der Waals surface area contributed by atoms with Crippen LogP contribution in [-0.4, -0.2) is 12.3 Å². The quantitative estimate of drug-likeness (QED) is 0.652. The lowest BCUT2D eigenvalue weighted by Crippen LogP contribution is -2.24. The Kier molecular flexibility index (Phi) is 23.9. The highest BCUT2D eigenvalue weighted by Gasteiger charge is 1.88. The van der Waals surface area contributed by atoms with E-state index in [0.717, 1.165) is 0 Å². The number of ketones is 1. The van der Waals surface area contributed by atoms with Crippen LogP contribution in [0.5, 0.6) is 0 Å². The first kappa shape index (κ1) is 23.8. The fraction of sp³-hybridized carbons (Fsp3) is 0.562. The van der Waals surface area contributed by atoms with Gasteiger partial charge in [-0.05, 0) is 25.5 Å². The predicted molar refractivity (Wildman–Crippen MR) is 85.9 cm³/mol. The molecule has 0 fully saturated rings. The van der Waals surface area contributed by atoms with Crippen LogP contribution in [0, 0.1) is 12.7 Å². The molecule has 0 bridgehead atoms. The third kappa shape index (κ3) is 22.0. The van der Waals surface area contributed by atoms with Crippen molar-refractivity contribution in [3.63, 3.8) is 0 Å². The number of carbonyl (C=O) groups is 1. The van der Waals surface area contributed by atoms with Gasteiger partial charge >= 0.3 is 0 Å². The number of Topliss-reactive ketones (excluding diaryl/α,β-unsaturated/α-hetero) is 1. The molecule has 0 unspecified atom stereocenters. The summed E-state index contributed by atoms with van der Waals surface area (Å²) >= 11 is 0. The second-order valence-corrected chi connectivity index (χ2v) is 3.86. The first-order chi connectivity index (χ1) is 9.49. The number of benzene rings is 1. The second kappa shape index (κ2) is 20.1. The maximum Gasteiger partial charge on any atom is 0.131 e. The van der Waals surface area contributed by atoms with Crippen molar-refractivity contribution in [1.82, 2.24) is 5.43 Å². The topological polar surface area (TPSA) is 55.1 Å². The normalized spacial score (nSPS) is 8.00. The number of hydrazine groups is 1. The Morgan fingerprint density at radius 1 is 1.25 bits per heavy atom. The van der Waals surface area contributed by atoms with Gasteiger partial charge in [0.05, 0.1) is 0 Å². The molecule has 0 saturated heterocycles. The third-order valence-electron chi connectivity index (χ3n) is 1.70. The molecular weight excluding hydrogens is 255 g/mol. The van der Waals surface area contributed by atoms with Crippen LogP contribution in [0.4, 0.5) is 4.39 Å². The van der Waals surface area contributed by atoms with Crippen molar-refractivity contribution in [2.45, 2.75) is 54.4 Å². The van der Waals surface area contributed by atoms with Crippen LogP contribution < -0.4 is 11.3 Å². The van der Waals surface area contributed by atoms with Gasteiger partial charge in [-0.25, -0.2) is 4.39 Å². The van der Waals surface area contributed by atoms with Crippen LogP contribution in [0.2, 0.25) is 0 Å². The first-order valence-corrected chi connectivity index (χ1v) is 7.13. The highest BCUT2D eigenvalue weighted by Crippen LogP contribution is 2.01. The Balaban J connectivity index is -0.000000221. The summed E-state index contributed by atoms with van der Waals surface area (Å²) in [6, 6.07) is 6.70. The van der Waals surface area contributed by atoms with Crippen molar-refractivity contribution < 1.29 is 9.18 Å². The molecule has 0 aliphatic rings. The van der Waals surface area contributed by atoms with Crippen molar-refractivity contribution in [2.75, 3.05) is 6.54 Å². The highest BCUT2D eigenvalue weighted by molar-refractivity contribution is 5.75. The Morgan fingerprint density at radius 3 is 1.90 bits per heavy atom. The largest absolute Gasteiger partial charge is 0.300 e. The first-order valence-electron chi connectivity index (χ1n) is 7.13. The molecular formula is C16H31FN2O. The van der Waals surface area contributed by atoms with E-state index in [1.807, 2.05) is 19.9 Å². The average Bonchev–Trinajstić information content (AvgIpc) is 2.44. The van der Waals surface area contributed by atoms with Gasteiger partial charge < -0.3 is 0 Å².